The van der Waals surface area contributed by atoms with Gasteiger partial charge in [-0.05, 0) is 6.07 Å². The van der Waals surface area contributed by atoms with E-state index in [0.29, 0.717) is 28.5 Å². The minimum absolute atomic E-state index is 0.173. The molecule has 30 heavy (non-hydrogen) atoms. The molecule has 0 radical (unpaired) electrons. The SMILES string of the molecule is COc1cc(OC)cc(N2C(=O)C(c3ccccc3OC)=C(N(C)CCO)C2=O)c1. The number of aliphatic hydroxyl groups excluding tert-OH is 1. The van der Waals surface area contributed by atoms with Crippen LogP contribution in [0.3, 0.4) is 0 Å². The summed E-state index contributed by atoms with van der Waals surface area (Å²) in [5.41, 5.74) is 1.20. The van der Waals surface area contributed by atoms with E-state index in [-0.39, 0.29) is 24.4 Å². The van der Waals surface area contributed by atoms with Crippen molar-refractivity contribution in [3.63, 3.8) is 0 Å². The molecule has 0 fully saturated rings. The number of ether oxygens (including phenoxy) is 3. The van der Waals surface area contributed by atoms with Gasteiger partial charge >= 0.3 is 0 Å². The van der Waals surface area contributed by atoms with Crippen LogP contribution in [-0.2, 0) is 9.59 Å². The largest absolute Gasteiger partial charge is 0.497 e. The Balaban J connectivity index is 2.19. The number of amides is 2. The summed E-state index contributed by atoms with van der Waals surface area (Å²) in [4.78, 5) is 29.6. The zero-order valence-corrected chi connectivity index (χ0v) is 17.3. The molecule has 1 aliphatic rings. The third-order valence-electron chi connectivity index (χ3n) is 4.85. The van der Waals surface area contributed by atoms with Gasteiger partial charge in [0.1, 0.15) is 22.9 Å². The molecule has 0 unspecified atom stereocenters. The molecule has 8 nitrogen and oxygen atoms in total. The molecule has 158 valence electrons. The number of carbonyl (C=O) groups excluding carboxylic acids is 2. The summed E-state index contributed by atoms with van der Waals surface area (Å²) in [5, 5.41) is 9.39. The normalized spacial score (nSPS) is 13.7. The highest BCUT2D eigenvalue weighted by molar-refractivity contribution is 6.45. The number of anilines is 1. The van der Waals surface area contributed by atoms with Crippen LogP contribution in [0, 0.1) is 0 Å². The maximum absolute atomic E-state index is 13.5. The van der Waals surface area contributed by atoms with E-state index in [9.17, 15) is 14.7 Å². The highest BCUT2D eigenvalue weighted by Crippen LogP contribution is 2.39. The smallest absolute Gasteiger partial charge is 0.282 e. The van der Waals surface area contributed by atoms with Gasteiger partial charge in [0.05, 0.1) is 39.2 Å². The number of hydrogen-bond acceptors (Lipinski definition) is 7. The molecule has 0 saturated heterocycles. The number of methoxy groups -OCH3 is 3. The molecule has 0 aliphatic carbocycles. The number of para-hydroxylation sites is 1. The minimum atomic E-state index is -0.507. The number of hydrogen-bond donors (Lipinski definition) is 1. The Kier molecular flexibility index (Phi) is 6.27. The Morgan fingerprint density at radius 1 is 0.933 bits per heavy atom. The average Bonchev–Trinajstić information content (AvgIpc) is 3.03. The summed E-state index contributed by atoms with van der Waals surface area (Å²) in [7, 11) is 6.14. The summed E-state index contributed by atoms with van der Waals surface area (Å²) in [6.07, 6.45) is 0. The van der Waals surface area contributed by atoms with E-state index in [1.54, 1.807) is 54.4 Å². The molecule has 2 amide bonds. The average molecular weight is 412 g/mol. The molecule has 0 bridgehead atoms. The van der Waals surface area contributed by atoms with Crippen molar-refractivity contribution in [1.29, 1.82) is 0 Å². The van der Waals surface area contributed by atoms with E-state index in [1.807, 2.05) is 0 Å². The summed E-state index contributed by atoms with van der Waals surface area (Å²) in [6.45, 7) is 0.00985. The van der Waals surface area contributed by atoms with E-state index in [4.69, 9.17) is 14.2 Å². The summed E-state index contributed by atoms with van der Waals surface area (Å²) in [6, 6.07) is 11.8. The molecular weight excluding hydrogens is 388 g/mol. The fourth-order valence-corrected chi connectivity index (χ4v) is 3.38. The van der Waals surface area contributed by atoms with Gasteiger partial charge in [-0.1, -0.05) is 18.2 Å². The van der Waals surface area contributed by atoms with Crippen LogP contribution in [-0.4, -0.2) is 63.3 Å². The Morgan fingerprint density at radius 3 is 2.13 bits per heavy atom. The lowest BCUT2D eigenvalue weighted by Gasteiger charge is -2.21. The molecule has 1 heterocycles. The van der Waals surface area contributed by atoms with E-state index in [1.165, 1.54) is 21.3 Å². The van der Waals surface area contributed by atoms with Gasteiger partial charge in [-0.3, -0.25) is 9.59 Å². The molecule has 0 aromatic heterocycles. The van der Waals surface area contributed by atoms with Gasteiger partial charge in [-0.15, -0.1) is 0 Å². The van der Waals surface area contributed by atoms with Crippen LogP contribution in [0.15, 0.2) is 48.2 Å². The van der Waals surface area contributed by atoms with Crippen molar-refractivity contribution in [2.45, 2.75) is 0 Å². The summed E-state index contributed by atoms with van der Waals surface area (Å²) in [5.74, 6) is 0.349. The molecule has 3 rings (SSSR count). The number of aliphatic hydroxyl groups is 1. The maximum Gasteiger partial charge on any atom is 0.282 e. The highest BCUT2D eigenvalue weighted by Gasteiger charge is 2.42. The number of imide groups is 1. The van der Waals surface area contributed by atoms with Crippen LogP contribution in [0.4, 0.5) is 5.69 Å². The van der Waals surface area contributed by atoms with Crippen LogP contribution in [0.25, 0.3) is 5.57 Å². The van der Waals surface area contributed by atoms with Crippen LogP contribution in [0.5, 0.6) is 17.2 Å². The van der Waals surface area contributed by atoms with Crippen LogP contribution >= 0.6 is 0 Å². The number of likely N-dealkylation sites (N-methyl/N-ethyl adjacent to an activating group) is 1. The minimum Gasteiger partial charge on any atom is -0.497 e. The number of benzene rings is 2. The van der Waals surface area contributed by atoms with Crippen molar-refractivity contribution in [3.8, 4) is 17.2 Å². The Labute approximate surface area is 174 Å². The predicted molar refractivity (Wildman–Crippen MR) is 112 cm³/mol. The number of rotatable bonds is 8. The first-order valence-electron chi connectivity index (χ1n) is 9.28. The number of nitrogens with zero attached hydrogens (tertiary/aromatic N) is 2. The van der Waals surface area contributed by atoms with Gasteiger partial charge in [0, 0.05) is 37.4 Å². The van der Waals surface area contributed by atoms with Gasteiger partial charge in [-0.2, -0.15) is 0 Å². The third-order valence-corrected chi connectivity index (χ3v) is 4.85. The molecule has 8 heteroatoms. The van der Waals surface area contributed by atoms with E-state index in [0.717, 1.165) is 4.90 Å². The molecule has 2 aromatic carbocycles. The molecule has 0 saturated carbocycles. The molecule has 1 aliphatic heterocycles. The third kappa shape index (κ3) is 3.69. The topological polar surface area (TPSA) is 88.5 Å². The predicted octanol–water partition coefficient (Wildman–Crippen LogP) is 1.92. The van der Waals surface area contributed by atoms with Gasteiger partial charge in [0.25, 0.3) is 11.8 Å². The van der Waals surface area contributed by atoms with E-state index in [2.05, 4.69) is 0 Å². The zero-order chi connectivity index (χ0) is 21.8. The Morgan fingerprint density at radius 2 is 1.57 bits per heavy atom. The van der Waals surface area contributed by atoms with Crippen molar-refractivity contribution in [2.24, 2.45) is 0 Å². The van der Waals surface area contributed by atoms with Crippen molar-refractivity contribution in [2.75, 3.05) is 46.4 Å². The Hall–Kier alpha value is -3.52. The highest BCUT2D eigenvalue weighted by atomic mass is 16.5. The van der Waals surface area contributed by atoms with Crippen molar-refractivity contribution >= 4 is 23.1 Å². The van der Waals surface area contributed by atoms with Crippen molar-refractivity contribution in [1.82, 2.24) is 4.90 Å². The zero-order valence-electron chi connectivity index (χ0n) is 17.3. The standard InChI is InChI=1S/C22H24N2O6/c1-23(9-10-25)20-19(17-7-5-6-8-18(17)30-4)21(26)24(22(20)27)14-11-15(28-2)13-16(12-14)29-3/h5-8,11-13,25H,9-10H2,1-4H3. The van der Waals surface area contributed by atoms with Gasteiger partial charge in [-0.25, -0.2) is 4.90 Å². The lowest BCUT2D eigenvalue weighted by Crippen LogP contribution is -2.34. The number of carbonyl (C=O) groups is 2. The fourth-order valence-electron chi connectivity index (χ4n) is 3.38. The van der Waals surface area contributed by atoms with Gasteiger partial charge in [0.15, 0.2) is 0 Å². The van der Waals surface area contributed by atoms with Gasteiger partial charge < -0.3 is 24.2 Å². The lowest BCUT2D eigenvalue weighted by atomic mass is 10.0. The lowest BCUT2D eigenvalue weighted by molar-refractivity contribution is -0.120. The molecule has 0 spiro atoms. The Bertz CT molecular complexity index is 979. The first-order valence-corrected chi connectivity index (χ1v) is 9.28. The van der Waals surface area contributed by atoms with Gasteiger partial charge in [0.2, 0.25) is 0 Å². The first-order chi connectivity index (χ1) is 14.5. The maximum atomic E-state index is 13.5. The van der Waals surface area contributed by atoms with Crippen molar-refractivity contribution < 1.29 is 28.9 Å². The molecule has 2 aromatic rings. The fraction of sp³-hybridized carbons (Fsp3) is 0.273. The van der Waals surface area contributed by atoms with Crippen molar-refractivity contribution in [3.05, 3.63) is 53.7 Å². The van der Waals surface area contributed by atoms with Crippen LogP contribution in [0.1, 0.15) is 5.56 Å². The second-order valence-electron chi connectivity index (χ2n) is 6.59. The molecule has 1 N–H and O–H groups in total. The summed E-state index contributed by atoms with van der Waals surface area (Å²) >= 11 is 0. The monoisotopic (exact) mass is 412 g/mol. The first kappa shape index (κ1) is 21.2. The molecule has 0 atom stereocenters. The summed E-state index contributed by atoms with van der Waals surface area (Å²) < 4.78 is 16.0. The van der Waals surface area contributed by atoms with Crippen LogP contribution < -0.4 is 19.1 Å². The quantitative estimate of drug-likeness (QED) is 0.663. The molecular formula is C22H24N2O6. The second kappa shape index (κ2) is 8.87. The van der Waals surface area contributed by atoms with E-state index >= 15 is 0 Å². The van der Waals surface area contributed by atoms with E-state index < -0.39 is 11.8 Å². The second-order valence-corrected chi connectivity index (χ2v) is 6.59. The van der Waals surface area contributed by atoms with Crippen LogP contribution in [0.2, 0.25) is 0 Å².